The fraction of sp³-hybridized carbons (Fsp3) is 0.0667. The van der Waals surface area contributed by atoms with Crippen LogP contribution < -0.4 is 4.90 Å². The third kappa shape index (κ3) is 3.61. The Labute approximate surface area is 138 Å². The number of aliphatic carboxylic acids is 1. The van der Waals surface area contributed by atoms with Crippen LogP contribution in [0.1, 0.15) is 12.6 Å². The van der Waals surface area contributed by atoms with Crippen LogP contribution in [0.4, 0.5) is 19.6 Å². The molecule has 0 fully saturated rings. The molecule has 0 spiro atoms. The zero-order chi connectivity index (χ0) is 17.9. The van der Waals surface area contributed by atoms with Gasteiger partial charge in [0.1, 0.15) is 23.3 Å². The number of hydrogen-bond donors (Lipinski definition) is 1. The molecule has 0 aliphatic heterocycles. The zero-order valence-corrected chi connectivity index (χ0v) is 13.0. The van der Waals surface area contributed by atoms with Gasteiger partial charge in [-0.05, 0) is 18.2 Å². The van der Waals surface area contributed by atoms with E-state index in [0.717, 1.165) is 34.4 Å². The molecule has 0 saturated heterocycles. The highest BCUT2D eigenvalue weighted by Crippen LogP contribution is 2.31. The Morgan fingerprint density at radius 1 is 1.42 bits per heavy atom. The average molecular weight is 349 g/mol. The van der Waals surface area contributed by atoms with Gasteiger partial charge in [0.2, 0.25) is 5.91 Å². The smallest absolute Gasteiger partial charge is 0.346 e. The summed E-state index contributed by atoms with van der Waals surface area (Å²) in [5.41, 5.74) is -0.593. The Morgan fingerprint density at radius 2 is 2.12 bits per heavy atom. The second kappa shape index (κ2) is 6.97. The third-order valence-corrected chi connectivity index (χ3v) is 3.65. The van der Waals surface area contributed by atoms with Gasteiger partial charge in [-0.15, -0.1) is 11.3 Å². The highest BCUT2D eigenvalue weighted by molar-refractivity contribution is 7.14. The Kier molecular flexibility index (Phi) is 5.01. The molecule has 0 saturated carbocycles. The van der Waals surface area contributed by atoms with Crippen molar-refractivity contribution in [3.05, 3.63) is 46.5 Å². The van der Waals surface area contributed by atoms with E-state index in [1.54, 1.807) is 0 Å². The van der Waals surface area contributed by atoms with Crippen molar-refractivity contribution in [3.8, 4) is 6.07 Å². The molecule has 0 bridgehead atoms. The van der Waals surface area contributed by atoms with E-state index >= 15 is 0 Å². The summed E-state index contributed by atoms with van der Waals surface area (Å²) >= 11 is 0.945. The van der Waals surface area contributed by atoms with Gasteiger partial charge in [0.15, 0.2) is 5.13 Å². The number of carboxylic acid groups (broad SMARTS) is 1. The number of halogens is 2. The number of benzene rings is 1. The quantitative estimate of drug-likeness (QED) is 0.676. The minimum Gasteiger partial charge on any atom is -0.477 e. The number of carbonyl (C=O) groups is 2. The van der Waals surface area contributed by atoms with Gasteiger partial charge in [-0.1, -0.05) is 0 Å². The van der Waals surface area contributed by atoms with Gasteiger partial charge in [0.05, 0.1) is 11.4 Å². The molecule has 24 heavy (non-hydrogen) atoms. The number of aromatic nitrogens is 1. The lowest BCUT2D eigenvalue weighted by atomic mass is 10.2. The molecule has 0 unspecified atom stereocenters. The van der Waals surface area contributed by atoms with Crippen molar-refractivity contribution in [3.63, 3.8) is 0 Å². The maximum absolute atomic E-state index is 13.9. The topological polar surface area (TPSA) is 94.3 Å². The lowest BCUT2D eigenvalue weighted by Crippen LogP contribution is -2.23. The first kappa shape index (κ1) is 17.2. The number of nitrogens with zero attached hydrogens (tertiary/aromatic N) is 3. The van der Waals surface area contributed by atoms with Crippen LogP contribution in [0.3, 0.4) is 0 Å². The van der Waals surface area contributed by atoms with Gasteiger partial charge < -0.3 is 5.11 Å². The fourth-order valence-corrected chi connectivity index (χ4v) is 2.64. The molecule has 1 aromatic carbocycles. The van der Waals surface area contributed by atoms with Crippen molar-refractivity contribution >= 4 is 40.1 Å². The predicted molar refractivity (Wildman–Crippen MR) is 82.5 cm³/mol. The molecule has 0 radical (unpaired) electrons. The lowest BCUT2D eigenvalue weighted by molar-refractivity contribution is -0.132. The molecule has 6 nitrogen and oxygen atoms in total. The number of carboxylic acids is 1. The number of anilines is 2. The molecular formula is C15H9F2N3O3S. The molecule has 122 valence electrons. The van der Waals surface area contributed by atoms with Crippen LogP contribution in [0, 0.1) is 23.0 Å². The zero-order valence-electron chi connectivity index (χ0n) is 12.2. The van der Waals surface area contributed by atoms with Crippen LogP contribution in [-0.2, 0) is 9.59 Å². The molecule has 2 aromatic rings. The first-order valence-electron chi connectivity index (χ1n) is 6.40. The van der Waals surface area contributed by atoms with E-state index in [-0.39, 0.29) is 16.5 Å². The van der Waals surface area contributed by atoms with Crippen LogP contribution in [0.5, 0.6) is 0 Å². The Hall–Kier alpha value is -3.12. The Morgan fingerprint density at radius 3 is 2.67 bits per heavy atom. The fourth-order valence-electron chi connectivity index (χ4n) is 1.80. The number of nitriles is 1. The van der Waals surface area contributed by atoms with Gasteiger partial charge in [-0.2, -0.15) is 5.26 Å². The van der Waals surface area contributed by atoms with Crippen molar-refractivity contribution in [2.45, 2.75) is 6.92 Å². The van der Waals surface area contributed by atoms with Crippen LogP contribution in [0.15, 0.2) is 29.2 Å². The van der Waals surface area contributed by atoms with E-state index in [4.69, 9.17) is 10.4 Å². The second-order valence-corrected chi connectivity index (χ2v) is 5.32. The molecule has 1 amide bonds. The molecule has 9 heteroatoms. The van der Waals surface area contributed by atoms with Crippen molar-refractivity contribution in [2.75, 3.05) is 4.90 Å². The summed E-state index contributed by atoms with van der Waals surface area (Å²) in [6, 6.07) is 4.24. The summed E-state index contributed by atoms with van der Waals surface area (Å²) in [4.78, 5) is 27.6. The molecule has 0 atom stereocenters. The minimum atomic E-state index is -1.42. The summed E-state index contributed by atoms with van der Waals surface area (Å²) in [5.74, 6) is -3.72. The molecule has 1 heterocycles. The maximum Gasteiger partial charge on any atom is 0.346 e. The van der Waals surface area contributed by atoms with Crippen molar-refractivity contribution in [1.29, 1.82) is 5.26 Å². The van der Waals surface area contributed by atoms with E-state index < -0.39 is 29.1 Å². The number of rotatable bonds is 4. The van der Waals surface area contributed by atoms with Crippen LogP contribution in [-0.4, -0.2) is 22.0 Å². The van der Waals surface area contributed by atoms with Gasteiger partial charge >= 0.3 is 5.97 Å². The first-order chi connectivity index (χ1) is 11.3. The minimum absolute atomic E-state index is 0.0573. The van der Waals surface area contributed by atoms with E-state index in [2.05, 4.69) is 4.98 Å². The van der Waals surface area contributed by atoms with Gasteiger partial charge in [-0.25, -0.2) is 18.6 Å². The molecule has 1 aromatic heterocycles. The summed E-state index contributed by atoms with van der Waals surface area (Å²) in [5, 5.41) is 19.0. The molecule has 0 aliphatic rings. The van der Waals surface area contributed by atoms with Gasteiger partial charge in [0, 0.05) is 18.4 Å². The van der Waals surface area contributed by atoms with E-state index in [0.29, 0.717) is 6.07 Å². The SMILES string of the molecule is CC(=O)N(c1nc(C=C(C#N)C(=O)O)cs1)c1ccc(F)cc1F. The maximum atomic E-state index is 13.9. The van der Waals surface area contributed by atoms with E-state index in [1.807, 2.05) is 0 Å². The number of carbonyl (C=O) groups excluding carboxylic acids is 1. The third-order valence-electron chi connectivity index (χ3n) is 2.81. The average Bonchev–Trinajstić information content (AvgIpc) is 2.95. The Bertz CT molecular complexity index is 886. The van der Waals surface area contributed by atoms with Crippen LogP contribution in [0.2, 0.25) is 0 Å². The largest absolute Gasteiger partial charge is 0.477 e. The molecular weight excluding hydrogens is 340 g/mol. The predicted octanol–water partition coefficient (Wildman–Crippen LogP) is 3.10. The molecule has 2 rings (SSSR count). The lowest BCUT2D eigenvalue weighted by Gasteiger charge is -2.18. The molecule has 1 N–H and O–H groups in total. The van der Waals surface area contributed by atoms with Crippen LogP contribution in [0.25, 0.3) is 6.08 Å². The number of thiazole rings is 1. The van der Waals surface area contributed by atoms with E-state index in [9.17, 15) is 18.4 Å². The highest BCUT2D eigenvalue weighted by Gasteiger charge is 2.21. The summed E-state index contributed by atoms with van der Waals surface area (Å²) in [7, 11) is 0. The van der Waals surface area contributed by atoms with Crippen molar-refractivity contribution < 1.29 is 23.5 Å². The highest BCUT2D eigenvalue weighted by atomic mass is 32.1. The van der Waals surface area contributed by atoms with Gasteiger partial charge in [0.25, 0.3) is 0 Å². The van der Waals surface area contributed by atoms with Crippen molar-refractivity contribution in [1.82, 2.24) is 4.98 Å². The summed E-state index contributed by atoms with van der Waals surface area (Å²) in [6.45, 7) is 1.18. The normalized spacial score (nSPS) is 11.0. The molecule has 0 aliphatic carbocycles. The monoisotopic (exact) mass is 349 g/mol. The Balaban J connectivity index is 2.46. The van der Waals surface area contributed by atoms with E-state index in [1.165, 1.54) is 18.4 Å². The first-order valence-corrected chi connectivity index (χ1v) is 7.27. The van der Waals surface area contributed by atoms with Crippen LogP contribution >= 0.6 is 11.3 Å². The summed E-state index contributed by atoms with van der Waals surface area (Å²) in [6.07, 6.45) is 1.03. The standard InChI is InChI=1S/C15H9F2N3O3S/c1-8(21)20(13-3-2-10(16)5-12(13)17)15-19-11(7-24-15)4-9(6-18)14(22)23/h2-5,7H,1H3,(H,22,23). The number of amides is 1. The second-order valence-electron chi connectivity index (χ2n) is 4.48. The van der Waals surface area contributed by atoms with Gasteiger partial charge in [-0.3, -0.25) is 9.69 Å². The van der Waals surface area contributed by atoms with Crippen molar-refractivity contribution in [2.24, 2.45) is 0 Å². The summed E-state index contributed by atoms with van der Waals surface area (Å²) < 4.78 is 27.0. The number of hydrogen-bond acceptors (Lipinski definition) is 5.